The molecule has 1 aromatic rings. The normalized spacial score (nSPS) is 11.6. The molecule has 15 heavy (non-hydrogen) atoms. The highest BCUT2D eigenvalue weighted by Gasteiger charge is 2.09. The van der Waals surface area contributed by atoms with Crippen LogP contribution in [0.1, 0.15) is 5.82 Å². The van der Waals surface area contributed by atoms with Crippen molar-refractivity contribution in [1.29, 1.82) is 0 Å². The molecule has 0 amide bonds. The quantitative estimate of drug-likeness (QED) is 0.724. The minimum absolute atomic E-state index is 0.116. The molecule has 0 radical (unpaired) electrons. The highest BCUT2D eigenvalue weighted by molar-refractivity contribution is 7.89. The molecule has 1 heterocycles. The molecular weight excluding hydrogens is 238 g/mol. The van der Waals surface area contributed by atoms with Crippen molar-refractivity contribution in [2.45, 2.75) is 5.75 Å². The van der Waals surface area contributed by atoms with Crippen LogP contribution in [0.4, 0.5) is 5.13 Å². The van der Waals surface area contributed by atoms with E-state index in [-0.39, 0.29) is 5.75 Å². The number of nitrogens with one attached hydrogen (secondary N) is 1. The van der Waals surface area contributed by atoms with Gasteiger partial charge in [0.05, 0.1) is 6.61 Å². The first-order valence-corrected chi connectivity index (χ1v) is 7.08. The van der Waals surface area contributed by atoms with Crippen LogP contribution in [0.2, 0.25) is 0 Å². The zero-order valence-corrected chi connectivity index (χ0v) is 10.2. The van der Waals surface area contributed by atoms with Gasteiger partial charge in [-0.3, -0.25) is 0 Å². The highest BCUT2D eigenvalue weighted by atomic mass is 32.2. The first kappa shape index (κ1) is 12.3. The number of anilines is 1. The first-order valence-electron chi connectivity index (χ1n) is 4.24. The van der Waals surface area contributed by atoms with Crippen LogP contribution < -0.4 is 5.32 Å². The maximum absolute atomic E-state index is 11.0. The second-order valence-corrected chi connectivity index (χ2v) is 5.90. The predicted molar refractivity (Wildman–Crippen MR) is 58.8 cm³/mol. The fourth-order valence-corrected chi connectivity index (χ4v) is 2.17. The number of rotatable bonds is 6. The molecule has 86 valence electrons. The minimum atomic E-state index is -3.06. The third-order valence-corrected chi connectivity index (χ3v) is 2.93. The second-order valence-electron chi connectivity index (χ2n) is 3.01. The molecule has 0 bridgehead atoms. The third-order valence-electron chi connectivity index (χ3n) is 1.44. The number of sulfone groups is 1. The van der Waals surface area contributed by atoms with Gasteiger partial charge in [0, 0.05) is 31.4 Å². The number of methoxy groups -OCH3 is 1. The molecule has 8 heteroatoms. The van der Waals surface area contributed by atoms with Gasteiger partial charge in [-0.1, -0.05) is 0 Å². The van der Waals surface area contributed by atoms with Gasteiger partial charge in [0.1, 0.15) is 5.75 Å². The van der Waals surface area contributed by atoms with Crippen LogP contribution in [0, 0.1) is 0 Å². The Morgan fingerprint density at radius 2 is 2.27 bits per heavy atom. The lowest BCUT2D eigenvalue weighted by Crippen LogP contribution is -2.07. The zero-order valence-electron chi connectivity index (χ0n) is 8.56. The second kappa shape index (κ2) is 5.38. The average Bonchev–Trinajstić information content (AvgIpc) is 2.50. The van der Waals surface area contributed by atoms with Crippen molar-refractivity contribution in [2.75, 3.05) is 31.8 Å². The topological polar surface area (TPSA) is 81.2 Å². The Bertz CT molecular complexity index is 401. The number of nitrogens with zero attached hydrogens (tertiary/aromatic N) is 2. The zero-order chi connectivity index (χ0) is 11.3. The van der Waals surface area contributed by atoms with Crippen LogP contribution in [-0.2, 0) is 20.3 Å². The lowest BCUT2D eigenvalue weighted by Gasteiger charge is -1.98. The molecule has 0 aliphatic carbocycles. The van der Waals surface area contributed by atoms with Gasteiger partial charge >= 0.3 is 0 Å². The van der Waals surface area contributed by atoms with Crippen LogP contribution in [-0.4, -0.2) is 44.3 Å². The van der Waals surface area contributed by atoms with Crippen molar-refractivity contribution in [3.05, 3.63) is 5.82 Å². The summed E-state index contributed by atoms with van der Waals surface area (Å²) in [6.45, 7) is 1.20. The molecule has 1 rings (SSSR count). The molecule has 1 N–H and O–H groups in total. The minimum Gasteiger partial charge on any atom is -0.383 e. The van der Waals surface area contributed by atoms with Gasteiger partial charge < -0.3 is 10.1 Å². The van der Waals surface area contributed by atoms with E-state index in [1.165, 1.54) is 0 Å². The van der Waals surface area contributed by atoms with Crippen LogP contribution in [0.5, 0.6) is 0 Å². The number of hydrogen-bond donors (Lipinski definition) is 1. The van der Waals surface area contributed by atoms with E-state index in [2.05, 4.69) is 14.7 Å². The number of aromatic nitrogens is 2. The Hall–Kier alpha value is -0.730. The summed E-state index contributed by atoms with van der Waals surface area (Å²) in [5.41, 5.74) is 0. The van der Waals surface area contributed by atoms with Gasteiger partial charge in [-0.05, 0) is 0 Å². The number of hydrogen-bond acceptors (Lipinski definition) is 7. The molecule has 0 unspecified atom stereocenters. The monoisotopic (exact) mass is 251 g/mol. The van der Waals surface area contributed by atoms with E-state index in [0.717, 1.165) is 17.8 Å². The highest BCUT2D eigenvalue weighted by Crippen LogP contribution is 2.11. The fourth-order valence-electron chi connectivity index (χ4n) is 0.879. The fraction of sp³-hybridized carbons (Fsp3) is 0.714. The molecule has 0 fully saturated rings. The first-order chi connectivity index (χ1) is 7.01. The third kappa shape index (κ3) is 5.05. The maximum atomic E-state index is 11.0. The lowest BCUT2D eigenvalue weighted by atomic mass is 10.7. The van der Waals surface area contributed by atoms with Crippen molar-refractivity contribution in [3.8, 4) is 0 Å². The van der Waals surface area contributed by atoms with Gasteiger partial charge in [0.2, 0.25) is 5.13 Å². The molecule has 0 atom stereocenters. The summed E-state index contributed by atoms with van der Waals surface area (Å²) >= 11 is 1.15. The number of ether oxygens (including phenoxy) is 1. The van der Waals surface area contributed by atoms with Gasteiger partial charge in [0.25, 0.3) is 0 Å². The average molecular weight is 251 g/mol. The summed E-state index contributed by atoms with van der Waals surface area (Å²) in [6.07, 6.45) is 1.16. The Morgan fingerprint density at radius 1 is 1.53 bits per heavy atom. The van der Waals surface area contributed by atoms with E-state index in [0.29, 0.717) is 24.1 Å². The molecule has 1 aromatic heterocycles. The Labute approximate surface area is 92.8 Å². The van der Waals surface area contributed by atoms with E-state index in [1.54, 1.807) is 7.11 Å². The molecule has 0 saturated carbocycles. The van der Waals surface area contributed by atoms with Crippen molar-refractivity contribution in [3.63, 3.8) is 0 Å². The predicted octanol–water partition coefficient (Wildman–Crippen LogP) is 0.141. The molecule has 0 aliphatic heterocycles. The Balaban J connectivity index is 2.49. The Morgan fingerprint density at radius 3 is 2.87 bits per heavy atom. The van der Waals surface area contributed by atoms with Crippen molar-refractivity contribution >= 4 is 26.5 Å². The smallest absolute Gasteiger partial charge is 0.202 e. The largest absolute Gasteiger partial charge is 0.383 e. The van der Waals surface area contributed by atoms with E-state index in [1.807, 2.05) is 0 Å². The summed E-state index contributed by atoms with van der Waals surface area (Å²) in [7, 11) is -1.45. The van der Waals surface area contributed by atoms with Crippen molar-refractivity contribution in [2.24, 2.45) is 0 Å². The summed E-state index contributed by atoms with van der Waals surface area (Å²) < 4.78 is 30.7. The molecular formula is C7H13N3O3S2. The van der Waals surface area contributed by atoms with E-state index in [9.17, 15) is 8.42 Å². The summed E-state index contributed by atoms with van der Waals surface area (Å²) in [6, 6.07) is 0. The van der Waals surface area contributed by atoms with E-state index < -0.39 is 9.84 Å². The van der Waals surface area contributed by atoms with Crippen LogP contribution in [0.3, 0.4) is 0 Å². The van der Waals surface area contributed by atoms with Crippen molar-refractivity contribution in [1.82, 2.24) is 9.36 Å². The van der Waals surface area contributed by atoms with Crippen LogP contribution >= 0.6 is 11.5 Å². The van der Waals surface area contributed by atoms with Gasteiger partial charge in [-0.2, -0.15) is 4.37 Å². The van der Waals surface area contributed by atoms with Gasteiger partial charge in [-0.15, -0.1) is 0 Å². The summed E-state index contributed by atoms with van der Waals surface area (Å²) in [5, 5.41) is 3.59. The molecule has 6 nitrogen and oxygen atoms in total. The molecule has 0 aliphatic rings. The van der Waals surface area contributed by atoms with Crippen molar-refractivity contribution < 1.29 is 13.2 Å². The molecule has 0 saturated heterocycles. The van der Waals surface area contributed by atoms with Gasteiger partial charge in [0.15, 0.2) is 15.7 Å². The summed E-state index contributed by atoms with van der Waals surface area (Å²) in [5.74, 6) is 0.220. The van der Waals surface area contributed by atoms with Crippen LogP contribution in [0.25, 0.3) is 0 Å². The van der Waals surface area contributed by atoms with Gasteiger partial charge in [-0.25, -0.2) is 13.4 Å². The molecule has 0 spiro atoms. The maximum Gasteiger partial charge on any atom is 0.202 e. The van der Waals surface area contributed by atoms with Crippen LogP contribution in [0.15, 0.2) is 0 Å². The van der Waals surface area contributed by atoms with E-state index in [4.69, 9.17) is 4.74 Å². The van der Waals surface area contributed by atoms with E-state index >= 15 is 0 Å². The molecule has 0 aromatic carbocycles. The lowest BCUT2D eigenvalue weighted by molar-refractivity contribution is 0.211. The Kier molecular flexibility index (Phi) is 4.43. The standard InChI is InChI=1S/C7H13N3O3S2/c1-13-4-3-8-7-9-6(10-14-7)5-15(2,11)12/h3-5H2,1-2H3,(H,8,9,10). The SMILES string of the molecule is COCCNc1nc(CS(C)(=O)=O)ns1. The summed E-state index contributed by atoms with van der Waals surface area (Å²) in [4.78, 5) is 4.03.